The van der Waals surface area contributed by atoms with E-state index >= 15 is 0 Å². The Labute approximate surface area is 73.5 Å². The molecular weight excluding hydrogens is 154 g/mol. The summed E-state index contributed by atoms with van der Waals surface area (Å²) in [7, 11) is 1.72. The Kier molecular flexibility index (Phi) is 3.53. The summed E-state index contributed by atoms with van der Waals surface area (Å²) in [6.07, 6.45) is 1.79. The number of hydrogen-bond acceptors (Lipinski definition) is 2. The van der Waals surface area contributed by atoms with E-state index in [4.69, 9.17) is 4.74 Å². The number of hydrogen-bond donors (Lipinski definition) is 1. The summed E-state index contributed by atoms with van der Waals surface area (Å²) in [6, 6.07) is 0. The van der Waals surface area contributed by atoms with Crippen LogP contribution in [0.15, 0.2) is 0 Å². The number of nitrogens with one attached hydrogen (secondary N) is 1. The molecule has 0 bridgehead atoms. The van der Waals surface area contributed by atoms with Crippen LogP contribution in [-0.2, 0) is 9.53 Å². The molecule has 0 radical (unpaired) electrons. The van der Waals surface area contributed by atoms with Gasteiger partial charge in [-0.2, -0.15) is 0 Å². The zero-order valence-corrected chi connectivity index (χ0v) is 7.80. The van der Waals surface area contributed by atoms with Crippen LogP contribution in [0.1, 0.15) is 19.8 Å². The van der Waals surface area contributed by atoms with E-state index in [9.17, 15) is 4.79 Å². The molecule has 12 heavy (non-hydrogen) atoms. The topological polar surface area (TPSA) is 38.3 Å². The average Bonchev–Trinajstić information content (AvgIpc) is 2.36. The normalized spacial score (nSPS) is 25.5. The number of rotatable bonds is 4. The molecule has 2 unspecified atom stereocenters. The number of ether oxygens (including phenoxy) is 1. The molecule has 0 saturated carbocycles. The maximum Gasteiger partial charge on any atom is 0.220 e. The SMILES string of the molecule is COCC(C)CC1CNC(=O)C1. The molecule has 1 heterocycles. The quantitative estimate of drug-likeness (QED) is 0.679. The number of amides is 1. The lowest BCUT2D eigenvalue weighted by atomic mass is 9.96. The molecular formula is C9H17NO2. The minimum Gasteiger partial charge on any atom is -0.384 e. The van der Waals surface area contributed by atoms with Gasteiger partial charge in [0, 0.05) is 26.7 Å². The van der Waals surface area contributed by atoms with Gasteiger partial charge in [0.25, 0.3) is 0 Å². The van der Waals surface area contributed by atoms with Crippen LogP contribution in [0.3, 0.4) is 0 Å². The van der Waals surface area contributed by atoms with Gasteiger partial charge in [0.2, 0.25) is 5.91 Å². The van der Waals surface area contributed by atoms with Crippen molar-refractivity contribution in [3.8, 4) is 0 Å². The Hall–Kier alpha value is -0.570. The monoisotopic (exact) mass is 171 g/mol. The zero-order chi connectivity index (χ0) is 8.97. The first-order valence-corrected chi connectivity index (χ1v) is 4.48. The smallest absolute Gasteiger partial charge is 0.220 e. The largest absolute Gasteiger partial charge is 0.384 e. The second kappa shape index (κ2) is 4.45. The van der Waals surface area contributed by atoms with Gasteiger partial charge in [0.05, 0.1) is 0 Å². The van der Waals surface area contributed by atoms with E-state index in [1.807, 2.05) is 0 Å². The lowest BCUT2D eigenvalue weighted by Gasteiger charge is -2.13. The number of carbonyl (C=O) groups excluding carboxylic acids is 1. The fraction of sp³-hybridized carbons (Fsp3) is 0.889. The van der Waals surface area contributed by atoms with Crippen LogP contribution in [0.2, 0.25) is 0 Å². The van der Waals surface area contributed by atoms with Crippen molar-refractivity contribution in [2.45, 2.75) is 19.8 Å². The summed E-state index contributed by atoms with van der Waals surface area (Å²) in [5.74, 6) is 1.29. The van der Waals surface area contributed by atoms with Crippen molar-refractivity contribution in [1.29, 1.82) is 0 Å². The predicted octanol–water partition coefficient (Wildman–Crippen LogP) is 0.795. The number of carbonyl (C=O) groups is 1. The molecule has 2 atom stereocenters. The zero-order valence-electron chi connectivity index (χ0n) is 7.80. The van der Waals surface area contributed by atoms with E-state index in [-0.39, 0.29) is 5.91 Å². The molecule has 0 aromatic heterocycles. The van der Waals surface area contributed by atoms with Gasteiger partial charge in [0.15, 0.2) is 0 Å². The molecule has 70 valence electrons. The molecule has 0 spiro atoms. The van der Waals surface area contributed by atoms with E-state index in [1.54, 1.807) is 7.11 Å². The van der Waals surface area contributed by atoms with Crippen LogP contribution in [0.25, 0.3) is 0 Å². The van der Waals surface area contributed by atoms with Crippen LogP contribution >= 0.6 is 0 Å². The van der Waals surface area contributed by atoms with Crippen molar-refractivity contribution in [1.82, 2.24) is 5.32 Å². The first kappa shape index (κ1) is 9.52. The third-order valence-corrected chi connectivity index (χ3v) is 2.25. The van der Waals surface area contributed by atoms with Crippen molar-refractivity contribution in [3.63, 3.8) is 0 Å². The second-order valence-corrected chi connectivity index (χ2v) is 3.67. The molecule has 1 N–H and O–H groups in total. The van der Waals surface area contributed by atoms with Crippen molar-refractivity contribution in [2.75, 3.05) is 20.3 Å². The fourth-order valence-corrected chi connectivity index (χ4v) is 1.75. The van der Waals surface area contributed by atoms with Gasteiger partial charge in [-0.3, -0.25) is 4.79 Å². The van der Waals surface area contributed by atoms with Crippen LogP contribution in [0.5, 0.6) is 0 Å². The van der Waals surface area contributed by atoms with Crippen molar-refractivity contribution in [3.05, 3.63) is 0 Å². The first-order chi connectivity index (χ1) is 5.72. The Bertz CT molecular complexity index is 159. The third kappa shape index (κ3) is 2.81. The van der Waals surface area contributed by atoms with E-state index in [0.29, 0.717) is 18.3 Å². The fourth-order valence-electron chi connectivity index (χ4n) is 1.75. The minimum absolute atomic E-state index is 0.199. The molecule has 0 aliphatic carbocycles. The van der Waals surface area contributed by atoms with Gasteiger partial charge < -0.3 is 10.1 Å². The number of methoxy groups -OCH3 is 1. The molecule has 1 rings (SSSR count). The Balaban J connectivity index is 2.18. The van der Waals surface area contributed by atoms with Gasteiger partial charge in [-0.1, -0.05) is 6.92 Å². The van der Waals surface area contributed by atoms with Crippen molar-refractivity contribution >= 4 is 5.91 Å². The Morgan fingerprint density at radius 1 is 1.75 bits per heavy atom. The van der Waals surface area contributed by atoms with Gasteiger partial charge in [-0.15, -0.1) is 0 Å². The first-order valence-electron chi connectivity index (χ1n) is 4.48. The standard InChI is InChI=1S/C9H17NO2/c1-7(6-12-2)3-8-4-9(11)10-5-8/h7-8H,3-6H2,1-2H3,(H,10,11). The Morgan fingerprint density at radius 3 is 3.00 bits per heavy atom. The molecule has 0 aromatic rings. The molecule has 0 aromatic carbocycles. The highest BCUT2D eigenvalue weighted by Gasteiger charge is 2.22. The van der Waals surface area contributed by atoms with Crippen LogP contribution in [0, 0.1) is 11.8 Å². The third-order valence-electron chi connectivity index (χ3n) is 2.25. The molecule has 1 aliphatic heterocycles. The van der Waals surface area contributed by atoms with E-state index < -0.39 is 0 Å². The van der Waals surface area contributed by atoms with Crippen molar-refractivity contribution < 1.29 is 9.53 Å². The average molecular weight is 171 g/mol. The second-order valence-electron chi connectivity index (χ2n) is 3.67. The van der Waals surface area contributed by atoms with E-state index in [2.05, 4.69) is 12.2 Å². The van der Waals surface area contributed by atoms with Gasteiger partial charge in [-0.25, -0.2) is 0 Å². The summed E-state index contributed by atoms with van der Waals surface area (Å²) in [6.45, 7) is 3.81. The summed E-state index contributed by atoms with van der Waals surface area (Å²) in [5.41, 5.74) is 0. The van der Waals surface area contributed by atoms with Crippen LogP contribution in [0.4, 0.5) is 0 Å². The van der Waals surface area contributed by atoms with Gasteiger partial charge in [-0.05, 0) is 18.3 Å². The molecule has 1 aliphatic rings. The van der Waals surface area contributed by atoms with Crippen molar-refractivity contribution in [2.24, 2.45) is 11.8 Å². The maximum atomic E-state index is 10.9. The highest BCUT2D eigenvalue weighted by Crippen LogP contribution is 2.18. The molecule has 1 saturated heterocycles. The predicted molar refractivity (Wildman–Crippen MR) is 46.8 cm³/mol. The summed E-state index contributed by atoms with van der Waals surface area (Å²) >= 11 is 0. The highest BCUT2D eigenvalue weighted by molar-refractivity contribution is 5.78. The lowest BCUT2D eigenvalue weighted by Crippen LogP contribution is -2.15. The lowest BCUT2D eigenvalue weighted by molar-refractivity contribution is -0.119. The molecule has 3 nitrogen and oxygen atoms in total. The molecule has 1 fully saturated rings. The van der Waals surface area contributed by atoms with Crippen LogP contribution < -0.4 is 5.32 Å². The van der Waals surface area contributed by atoms with Gasteiger partial charge in [0.1, 0.15) is 0 Å². The summed E-state index contributed by atoms with van der Waals surface area (Å²) in [5, 5.41) is 2.84. The van der Waals surface area contributed by atoms with E-state index in [0.717, 1.165) is 19.6 Å². The summed E-state index contributed by atoms with van der Waals surface area (Å²) in [4.78, 5) is 10.9. The van der Waals surface area contributed by atoms with Crippen LogP contribution in [-0.4, -0.2) is 26.2 Å². The maximum absolute atomic E-state index is 10.9. The molecule has 3 heteroatoms. The highest BCUT2D eigenvalue weighted by atomic mass is 16.5. The van der Waals surface area contributed by atoms with E-state index in [1.165, 1.54) is 0 Å². The molecule has 1 amide bonds. The summed E-state index contributed by atoms with van der Waals surface area (Å²) < 4.78 is 5.04. The van der Waals surface area contributed by atoms with Gasteiger partial charge >= 0.3 is 0 Å². The minimum atomic E-state index is 0.199. The Morgan fingerprint density at radius 2 is 2.50 bits per heavy atom.